The number of fused-ring (bicyclic) bond motifs is 11. The SMILES string of the molecule is c1ccc2c(-c3nc(-n4c5ccccc5c5c6c(ccc54)[nH]c4ccccc46)nc4c3oc3ccccc34)cccc2c1. The first kappa shape index (κ1) is 22.7. The van der Waals surface area contributed by atoms with Gasteiger partial charge in [-0.05, 0) is 47.2 Å². The molecule has 0 atom stereocenters. The first-order valence-electron chi connectivity index (χ1n) is 14.4. The van der Waals surface area contributed by atoms with Crippen LogP contribution in [0.15, 0.2) is 132 Å². The van der Waals surface area contributed by atoms with Crippen LogP contribution in [-0.4, -0.2) is 19.5 Å². The highest BCUT2D eigenvalue weighted by Crippen LogP contribution is 2.41. The van der Waals surface area contributed by atoms with Gasteiger partial charge in [0, 0.05) is 43.5 Å². The lowest BCUT2D eigenvalue weighted by molar-refractivity contribution is 0.666. The van der Waals surface area contributed by atoms with Gasteiger partial charge < -0.3 is 9.40 Å². The third kappa shape index (κ3) is 3.05. The molecular weight excluding hydrogens is 528 g/mol. The maximum absolute atomic E-state index is 6.49. The molecule has 0 aliphatic rings. The number of aromatic amines is 1. The van der Waals surface area contributed by atoms with Crippen molar-refractivity contribution >= 4 is 76.5 Å². The summed E-state index contributed by atoms with van der Waals surface area (Å²) >= 11 is 0. The quantitative estimate of drug-likeness (QED) is 0.233. The number of nitrogens with zero attached hydrogens (tertiary/aromatic N) is 3. The summed E-state index contributed by atoms with van der Waals surface area (Å²) in [4.78, 5) is 14.2. The van der Waals surface area contributed by atoms with Gasteiger partial charge in [-0.2, -0.15) is 0 Å². The summed E-state index contributed by atoms with van der Waals surface area (Å²) in [5, 5.41) is 8.04. The van der Waals surface area contributed by atoms with Crippen LogP contribution < -0.4 is 0 Å². The number of nitrogens with one attached hydrogen (secondary N) is 1. The summed E-state index contributed by atoms with van der Waals surface area (Å²) in [7, 11) is 0. The van der Waals surface area contributed by atoms with Crippen molar-refractivity contribution in [1.82, 2.24) is 19.5 Å². The molecule has 0 saturated heterocycles. The molecule has 0 bridgehead atoms. The molecule has 10 aromatic rings. The van der Waals surface area contributed by atoms with Gasteiger partial charge in [0.05, 0.1) is 11.0 Å². The van der Waals surface area contributed by atoms with E-state index in [1.165, 1.54) is 21.5 Å². The Kier molecular flexibility index (Phi) is 4.39. The highest BCUT2D eigenvalue weighted by Gasteiger charge is 2.23. The van der Waals surface area contributed by atoms with Gasteiger partial charge in [-0.1, -0.05) is 91.0 Å². The summed E-state index contributed by atoms with van der Waals surface area (Å²) in [6.07, 6.45) is 0. The second kappa shape index (κ2) is 8.30. The number of H-pyrrole nitrogens is 1. The Labute approximate surface area is 244 Å². The fourth-order valence-electron chi connectivity index (χ4n) is 6.91. The molecule has 43 heavy (non-hydrogen) atoms. The monoisotopic (exact) mass is 550 g/mol. The zero-order valence-corrected chi connectivity index (χ0v) is 22.9. The van der Waals surface area contributed by atoms with Gasteiger partial charge in [-0.25, -0.2) is 9.97 Å². The molecule has 0 radical (unpaired) electrons. The topological polar surface area (TPSA) is 59.6 Å². The number of furan rings is 1. The van der Waals surface area contributed by atoms with Crippen molar-refractivity contribution in [3.63, 3.8) is 0 Å². The lowest BCUT2D eigenvalue weighted by atomic mass is 10.0. The van der Waals surface area contributed by atoms with Gasteiger partial charge in [0.15, 0.2) is 5.58 Å². The Morgan fingerprint density at radius 1 is 0.535 bits per heavy atom. The molecule has 0 aliphatic carbocycles. The van der Waals surface area contributed by atoms with Crippen molar-refractivity contribution in [2.24, 2.45) is 0 Å². The van der Waals surface area contributed by atoms with E-state index in [1.807, 2.05) is 18.2 Å². The van der Waals surface area contributed by atoms with Crippen LogP contribution >= 0.6 is 0 Å². The lowest BCUT2D eigenvalue weighted by Gasteiger charge is -2.11. The number of para-hydroxylation sites is 3. The average Bonchev–Trinajstić information content (AvgIpc) is 3.73. The van der Waals surface area contributed by atoms with Crippen LogP contribution in [0.2, 0.25) is 0 Å². The predicted molar refractivity (Wildman–Crippen MR) is 176 cm³/mol. The number of hydrogen-bond donors (Lipinski definition) is 1. The molecule has 200 valence electrons. The smallest absolute Gasteiger partial charge is 0.236 e. The van der Waals surface area contributed by atoms with E-state index in [9.17, 15) is 0 Å². The largest absolute Gasteiger partial charge is 0.452 e. The van der Waals surface area contributed by atoms with Gasteiger partial charge >= 0.3 is 0 Å². The van der Waals surface area contributed by atoms with Gasteiger partial charge in [0.2, 0.25) is 5.95 Å². The molecule has 0 unspecified atom stereocenters. The van der Waals surface area contributed by atoms with Crippen LogP contribution in [0.4, 0.5) is 0 Å². The molecule has 5 nitrogen and oxygen atoms in total. The molecule has 4 aromatic heterocycles. The van der Waals surface area contributed by atoms with Crippen molar-refractivity contribution in [1.29, 1.82) is 0 Å². The zero-order chi connectivity index (χ0) is 28.1. The predicted octanol–water partition coefficient (Wildman–Crippen LogP) is 9.93. The van der Waals surface area contributed by atoms with Crippen molar-refractivity contribution in [2.45, 2.75) is 0 Å². The standard InChI is InChI=1S/C38H22N4O/c1-2-12-23-22(10-1)11-9-16-24(23)35-37-36(27-15-5-8-19-32(27)43-37)41-38(40-35)42-30-18-7-4-14-26(30)34-31(42)21-20-29-33(34)25-13-3-6-17-28(25)39-29/h1-21,39H. The molecular formula is C38H22N4O. The molecule has 0 amide bonds. The Bertz CT molecular complexity index is 2740. The van der Waals surface area contributed by atoms with E-state index in [4.69, 9.17) is 14.4 Å². The fourth-order valence-corrected chi connectivity index (χ4v) is 6.91. The Morgan fingerprint density at radius 3 is 2.21 bits per heavy atom. The molecule has 0 spiro atoms. The molecule has 0 saturated carbocycles. The number of benzene rings is 6. The van der Waals surface area contributed by atoms with Gasteiger partial charge in [-0.15, -0.1) is 0 Å². The van der Waals surface area contributed by atoms with E-state index in [-0.39, 0.29) is 0 Å². The highest BCUT2D eigenvalue weighted by atomic mass is 16.3. The van der Waals surface area contributed by atoms with Crippen LogP contribution in [0.5, 0.6) is 0 Å². The first-order valence-corrected chi connectivity index (χ1v) is 14.4. The number of aromatic nitrogens is 4. The Balaban J connectivity index is 1.39. The Morgan fingerprint density at radius 2 is 1.28 bits per heavy atom. The zero-order valence-electron chi connectivity index (χ0n) is 22.9. The maximum Gasteiger partial charge on any atom is 0.236 e. The summed E-state index contributed by atoms with van der Waals surface area (Å²) in [6.45, 7) is 0. The summed E-state index contributed by atoms with van der Waals surface area (Å²) in [6, 6.07) is 44.3. The minimum absolute atomic E-state index is 0.618. The molecule has 1 N–H and O–H groups in total. The van der Waals surface area contributed by atoms with Crippen molar-refractivity contribution < 1.29 is 4.42 Å². The molecule has 4 heterocycles. The van der Waals surface area contributed by atoms with E-state index in [2.05, 4.69) is 119 Å². The third-order valence-electron chi connectivity index (χ3n) is 8.76. The van der Waals surface area contributed by atoms with E-state index >= 15 is 0 Å². The number of hydrogen-bond acceptors (Lipinski definition) is 3. The normalized spacial score (nSPS) is 12.2. The van der Waals surface area contributed by atoms with Crippen molar-refractivity contribution in [3.8, 4) is 17.2 Å². The van der Waals surface area contributed by atoms with Crippen LogP contribution in [0.3, 0.4) is 0 Å². The van der Waals surface area contributed by atoms with Crippen LogP contribution in [0.1, 0.15) is 0 Å². The van der Waals surface area contributed by atoms with E-state index < -0.39 is 0 Å². The first-order chi connectivity index (χ1) is 21.3. The second-order valence-corrected chi connectivity index (χ2v) is 11.1. The minimum atomic E-state index is 0.618. The minimum Gasteiger partial charge on any atom is -0.452 e. The van der Waals surface area contributed by atoms with Crippen molar-refractivity contribution in [2.75, 3.05) is 0 Å². The summed E-state index contributed by atoms with van der Waals surface area (Å²) in [5.74, 6) is 0.618. The van der Waals surface area contributed by atoms with Crippen LogP contribution in [0.25, 0.3) is 93.7 Å². The summed E-state index contributed by atoms with van der Waals surface area (Å²) < 4.78 is 8.70. The van der Waals surface area contributed by atoms with Crippen LogP contribution in [0, 0.1) is 0 Å². The molecule has 5 heteroatoms. The molecule has 0 fully saturated rings. The lowest BCUT2D eigenvalue weighted by Crippen LogP contribution is -2.03. The van der Waals surface area contributed by atoms with Gasteiger partial charge in [0.1, 0.15) is 16.8 Å². The maximum atomic E-state index is 6.49. The van der Waals surface area contributed by atoms with Gasteiger partial charge in [-0.3, -0.25) is 4.57 Å². The van der Waals surface area contributed by atoms with Gasteiger partial charge in [0.25, 0.3) is 0 Å². The summed E-state index contributed by atoms with van der Waals surface area (Å²) in [5.41, 5.74) is 8.48. The fraction of sp³-hybridized carbons (Fsp3) is 0. The van der Waals surface area contributed by atoms with E-state index in [0.29, 0.717) is 11.5 Å². The number of rotatable bonds is 2. The third-order valence-corrected chi connectivity index (χ3v) is 8.76. The average molecular weight is 551 g/mol. The van der Waals surface area contributed by atoms with Crippen molar-refractivity contribution in [3.05, 3.63) is 127 Å². The Hall–Kier alpha value is -5.94. The van der Waals surface area contributed by atoms with Crippen LogP contribution in [-0.2, 0) is 0 Å². The van der Waals surface area contributed by atoms with E-state index in [1.54, 1.807) is 0 Å². The highest BCUT2D eigenvalue weighted by molar-refractivity contribution is 6.28. The van der Waals surface area contributed by atoms with E-state index in [0.717, 1.165) is 60.6 Å². The molecule has 0 aliphatic heterocycles. The second-order valence-electron chi connectivity index (χ2n) is 11.1. The molecule has 10 rings (SSSR count). The molecule has 6 aromatic carbocycles.